The fourth-order valence-corrected chi connectivity index (χ4v) is 8.30. The summed E-state index contributed by atoms with van der Waals surface area (Å²) in [6.07, 6.45) is 67.5. The summed E-state index contributed by atoms with van der Waals surface area (Å²) < 4.78 is 0. The second kappa shape index (κ2) is 52.1. The number of carboxylic acid groups (broad SMARTS) is 1. The second-order valence-electron chi connectivity index (χ2n) is 17.4. The van der Waals surface area contributed by atoms with Crippen molar-refractivity contribution in [3.8, 4) is 0 Å². The van der Waals surface area contributed by atoms with Gasteiger partial charge in [0, 0.05) is 5.97 Å². The van der Waals surface area contributed by atoms with Gasteiger partial charge in [-0.15, -0.1) is 0 Å². The Morgan fingerprint density at radius 3 is 0.472 bits per heavy atom. The van der Waals surface area contributed by atoms with E-state index in [1.807, 2.05) is 0 Å². The van der Waals surface area contributed by atoms with Crippen LogP contribution in [0.3, 0.4) is 0 Å². The zero-order chi connectivity index (χ0) is 37.5. The quantitative estimate of drug-likeness (QED) is 0.0461. The molecule has 0 heterocycles. The summed E-state index contributed by atoms with van der Waals surface area (Å²) >= 11 is 0. The van der Waals surface area contributed by atoms with Crippen LogP contribution in [0.1, 0.15) is 315 Å². The van der Waals surface area contributed by atoms with Gasteiger partial charge in [0.25, 0.3) is 0 Å². The molecule has 0 aliphatic heterocycles. The summed E-state index contributed by atoms with van der Waals surface area (Å²) in [6.45, 7) is 2.31. The molecule has 0 aromatic carbocycles. The van der Waals surface area contributed by atoms with Crippen LogP contribution in [0.4, 0.5) is 0 Å². The van der Waals surface area contributed by atoms with E-state index in [-0.39, 0.29) is 25.3 Å². The Balaban J connectivity index is 0. The van der Waals surface area contributed by atoms with E-state index in [1.54, 1.807) is 0 Å². The number of hydrogen-bond acceptors (Lipinski definition) is 2. The Bertz CT molecular complexity index is 637. The summed E-state index contributed by atoms with van der Waals surface area (Å²) in [7, 11) is 0. The van der Waals surface area contributed by atoms with Gasteiger partial charge >= 0.3 is 18.9 Å². The monoisotopic (exact) mass is 739 g/mol. The van der Waals surface area contributed by atoms with E-state index < -0.39 is 5.97 Å². The molecular weight excluding hydrogens is 639 g/mol. The molecular formula is C50H99LiO2. The van der Waals surface area contributed by atoms with Crippen molar-refractivity contribution in [2.24, 2.45) is 0 Å². The van der Waals surface area contributed by atoms with Gasteiger partial charge < -0.3 is 9.90 Å². The largest absolute Gasteiger partial charge is 1.00 e. The number of unbranched alkanes of at least 4 members (excludes halogenated alkanes) is 46. The van der Waals surface area contributed by atoms with Gasteiger partial charge in [0.15, 0.2) is 0 Å². The predicted octanol–water partition coefficient (Wildman–Crippen LogP) is 14.5. The van der Waals surface area contributed by atoms with Crippen LogP contribution in [-0.2, 0) is 4.79 Å². The Morgan fingerprint density at radius 1 is 0.245 bits per heavy atom. The predicted molar refractivity (Wildman–Crippen MR) is 232 cm³/mol. The number of carbonyl (C=O) groups excluding carboxylic acids is 1. The molecule has 0 rings (SSSR count). The zero-order valence-electron chi connectivity index (χ0n) is 37.3. The molecule has 0 aliphatic rings. The normalized spacial score (nSPS) is 11.3. The van der Waals surface area contributed by atoms with Crippen LogP contribution in [0, 0.1) is 0 Å². The van der Waals surface area contributed by atoms with Gasteiger partial charge in [-0.1, -0.05) is 302 Å². The third-order valence-electron chi connectivity index (χ3n) is 12.0. The SMILES string of the molecule is CCCCCCCCCCCCCCCCCCCCCCCCCCCCCCCCCCCCCCCCCCCCCCCCCC(=O)[O-].[Li+]. The van der Waals surface area contributed by atoms with Gasteiger partial charge in [0.05, 0.1) is 0 Å². The maximum Gasteiger partial charge on any atom is 1.00 e. The van der Waals surface area contributed by atoms with E-state index in [2.05, 4.69) is 6.92 Å². The Labute approximate surface area is 348 Å². The van der Waals surface area contributed by atoms with Crippen molar-refractivity contribution >= 4 is 5.97 Å². The van der Waals surface area contributed by atoms with Gasteiger partial charge in [0.2, 0.25) is 0 Å². The second-order valence-corrected chi connectivity index (χ2v) is 17.4. The third-order valence-corrected chi connectivity index (χ3v) is 12.0. The number of carboxylic acids is 1. The van der Waals surface area contributed by atoms with E-state index in [9.17, 15) is 9.90 Å². The van der Waals surface area contributed by atoms with E-state index in [1.165, 1.54) is 289 Å². The Morgan fingerprint density at radius 2 is 0.358 bits per heavy atom. The van der Waals surface area contributed by atoms with Crippen LogP contribution in [0.5, 0.6) is 0 Å². The topological polar surface area (TPSA) is 40.1 Å². The van der Waals surface area contributed by atoms with Gasteiger partial charge in [-0.05, 0) is 12.8 Å². The molecule has 0 fully saturated rings. The average molecular weight is 739 g/mol. The van der Waals surface area contributed by atoms with E-state index in [0.29, 0.717) is 0 Å². The molecule has 0 aromatic heterocycles. The van der Waals surface area contributed by atoms with E-state index in [0.717, 1.165) is 12.8 Å². The molecule has 2 nitrogen and oxygen atoms in total. The molecule has 0 unspecified atom stereocenters. The molecule has 0 spiro atoms. The van der Waals surface area contributed by atoms with Gasteiger partial charge in [-0.2, -0.15) is 0 Å². The molecule has 0 aromatic rings. The summed E-state index contributed by atoms with van der Waals surface area (Å²) in [5, 5.41) is 10.4. The summed E-state index contributed by atoms with van der Waals surface area (Å²) in [4.78, 5) is 10.4. The minimum Gasteiger partial charge on any atom is -0.550 e. The molecule has 0 amide bonds. The molecule has 3 heteroatoms. The maximum atomic E-state index is 10.4. The van der Waals surface area contributed by atoms with Crippen molar-refractivity contribution < 1.29 is 28.8 Å². The van der Waals surface area contributed by atoms with Crippen LogP contribution in [0.25, 0.3) is 0 Å². The fraction of sp³-hybridized carbons (Fsp3) is 0.980. The maximum absolute atomic E-state index is 10.4. The number of aliphatic carboxylic acids is 1. The van der Waals surface area contributed by atoms with Gasteiger partial charge in [-0.25, -0.2) is 0 Å². The first-order chi connectivity index (χ1) is 25.8. The zero-order valence-corrected chi connectivity index (χ0v) is 37.3. The standard InChI is InChI=1S/C50H100O2.Li/c1-2-3-4-5-6-7-8-9-10-11-12-13-14-15-16-17-18-19-20-21-22-23-24-25-26-27-28-29-30-31-32-33-34-35-36-37-38-39-40-41-42-43-44-45-46-47-48-49-50(51)52;/h2-49H2,1H3,(H,51,52);/q;+1/p-1. The van der Waals surface area contributed by atoms with Crippen molar-refractivity contribution in [1.82, 2.24) is 0 Å². The summed E-state index contributed by atoms with van der Waals surface area (Å²) in [6, 6.07) is 0. The Hall–Kier alpha value is 0.0674. The van der Waals surface area contributed by atoms with Crippen molar-refractivity contribution in [2.45, 2.75) is 315 Å². The molecule has 0 bridgehead atoms. The molecule has 312 valence electrons. The molecule has 0 aliphatic carbocycles. The Kier molecular flexibility index (Phi) is 54.2. The number of rotatable bonds is 48. The number of carbonyl (C=O) groups is 1. The summed E-state index contributed by atoms with van der Waals surface area (Å²) in [5.74, 6) is -0.896. The molecule has 0 N–H and O–H groups in total. The molecule has 0 atom stereocenters. The van der Waals surface area contributed by atoms with Crippen molar-refractivity contribution in [3.63, 3.8) is 0 Å². The minimum absolute atomic E-state index is 0. The first-order valence-corrected chi connectivity index (χ1v) is 25.0. The summed E-state index contributed by atoms with van der Waals surface area (Å²) in [5.41, 5.74) is 0. The van der Waals surface area contributed by atoms with Crippen molar-refractivity contribution in [3.05, 3.63) is 0 Å². The average Bonchev–Trinajstić information content (AvgIpc) is 3.14. The fourth-order valence-electron chi connectivity index (χ4n) is 8.30. The van der Waals surface area contributed by atoms with Crippen LogP contribution >= 0.6 is 0 Å². The molecule has 0 radical (unpaired) electrons. The van der Waals surface area contributed by atoms with Crippen LogP contribution in [-0.4, -0.2) is 5.97 Å². The first kappa shape index (κ1) is 55.2. The molecule has 0 saturated heterocycles. The molecule has 53 heavy (non-hydrogen) atoms. The van der Waals surface area contributed by atoms with Gasteiger partial charge in [-0.3, -0.25) is 0 Å². The van der Waals surface area contributed by atoms with Crippen LogP contribution in [0.15, 0.2) is 0 Å². The van der Waals surface area contributed by atoms with Crippen LogP contribution in [0.2, 0.25) is 0 Å². The number of hydrogen-bond donors (Lipinski definition) is 0. The smallest absolute Gasteiger partial charge is 0.550 e. The third kappa shape index (κ3) is 54.2. The van der Waals surface area contributed by atoms with Crippen LogP contribution < -0.4 is 24.0 Å². The van der Waals surface area contributed by atoms with Crippen molar-refractivity contribution in [2.75, 3.05) is 0 Å². The first-order valence-electron chi connectivity index (χ1n) is 25.0. The van der Waals surface area contributed by atoms with E-state index >= 15 is 0 Å². The minimum atomic E-state index is -0.896. The van der Waals surface area contributed by atoms with E-state index in [4.69, 9.17) is 0 Å². The van der Waals surface area contributed by atoms with Crippen molar-refractivity contribution in [1.29, 1.82) is 0 Å². The van der Waals surface area contributed by atoms with Gasteiger partial charge in [0.1, 0.15) is 0 Å². The molecule has 0 saturated carbocycles.